The minimum Gasteiger partial charge on any atom is -0.475 e. The average molecular weight is 527 g/mol. The van der Waals surface area contributed by atoms with Gasteiger partial charge in [0.25, 0.3) is 0 Å². The molecule has 0 atom stereocenters. The third kappa shape index (κ3) is 9.45. The molecule has 0 aromatic carbocycles. The monoisotopic (exact) mass is 527 g/mol. The number of hydrogen-bond acceptors (Lipinski definition) is 6. The fourth-order valence-electron chi connectivity index (χ4n) is 3.83. The fourth-order valence-corrected chi connectivity index (χ4v) is 4.49. The van der Waals surface area contributed by atoms with Crippen molar-refractivity contribution >= 4 is 23.3 Å². The minimum atomic E-state index is -5.08. The molecule has 2 N–H and O–H groups in total. The number of likely N-dealkylation sites (tertiary alicyclic amines) is 2. The molecular weight excluding hydrogens is 504 g/mol. The highest BCUT2D eigenvalue weighted by Gasteiger charge is 2.47. The van der Waals surface area contributed by atoms with Gasteiger partial charge in [0.15, 0.2) is 0 Å². The van der Waals surface area contributed by atoms with E-state index in [0.717, 1.165) is 13.1 Å². The normalized spacial score (nSPS) is 17.5. The van der Waals surface area contributed by atoms with Crippen molar-refractivity contribution in [2.24, 2.45) is 5.41 Å². The van der Waals surface area contributed by atoms with Crippen LogP contribution in [-0.4, -0.2) is 75.5 Å². The Bertz CT molecular complexity index is 924. The topological polar surface area (TPSA) is 94.0 Å². The summed E-state index contributed by atoms with van der Waals surface area (Å²) in [6.45, 7) is 7.22. The van der Waals surface area contributed by atoms with Gasteiger partial charge in [0.05, 0.1) is 0 Å². The summed E-state index contributed by atoms with van der Waals surface area (Å²) >= 11 is 1.80. The zero-order valence-corrected chi connectivity index (χ0v) is 19.0. The van der Waals surface area contributed by atoms with Crippen LogP contribution < -0.4 is 0 Å². The molecule has 0 amide bonds. The summed E-state index contributed by atoms with van der Waals surface area (Å²) in [4.78, 5) is 27.2. The minimum absolute atomic E-state index is 0.568. The summed E-state index contributed by atoms with van der Waals surface area (Å²) in [6, 6.07) is 6.46. The second kappa shape index (κ2) is 11.8. The van der Waals surface area contributed by atoms with Gasteiger partial charge in [-0.05, 0) is 47.0 Å². The first kappa shape index (κ1) is 28.5. The molecule has 4 rings (SSSR count). The molecule has 194 valence electrons. The van der Waals surface area contributed by atoms with Gasteiger partial charge in [0.2, 0.25) is 0 Å². The highest BCUT2D eigenvalue weighted by Crippen LogP contribution is 2.40. The van der Waals surface area contributed by atoms with Crippen LogP contribution in [0.3, 0.4) is 0 Å². The van der Waals surface area contributed by atoms with Crippen molar-refractivity contribution in [3.05, 3.63) is 52.5 Å². The van der Waals surface area contributed by atoms with E-state index in [1.165, 1.54) is 43.7 Å². The zero-order valence-electron chi connectivity index (χ0n) is 18.2. The lowest BCUT2D eigenvalue weighted by Gasteiger charge is -2.48. The predicted octanol–water partition coefficient (Wildman–Crippen LogP) is 4.12. The highest BCUT2D eigenvalue weighted by molar-refractivity contribution is 7.07. The Labute approximate surface area is 200 Å². The summed E-state index contributed by atoms with van der Waals surface area (Å²) < 4.78 is 63.5. The molecule has 2 saturated heterocycles. The Morgan fingerprint density at radius 3 is 1.94 bits per heavy atom. The second-order valence-electron chi connectivity index (χ2n) is 8.20. The van der Waals surface area contributed by atoms with Crippen LogP contribution in [0, 0.1) is 5.41 Å². The molecule has 2 fully saturated rings. The van der Waals surface area contributed by atoms with Crippen molar-refractivity contribution in [3.8, 4) is 0 Å². The fraction of sp³-hybridized carbons (Fsp3) is 0.476. The quantitative estimate of drug-likeness (QED) is 0.578. The Kier molecular flexibility index (Phi) is 9.63. The summed E-state index contributed by atoms with van der Waals surface area (Å²) in [6.07, 6.45) is -4.97. The number of rotatable bonds is 4. The Balaban J connectivity index is 0.000000257. The SMILES string of the molecule is O=C(O)C(F)(F)F.O=C(O)C(F)(F)F.c1cncc(CN2CC3(CCN(Cc4ccsc4)C3)C2)c1. The molecule has 7 nitrogen and oxygen atoms in total. The third-order valence-electron chi connectivity index (χ3n) is 5.24. The maximum atomic E-state index is 10.6. The molecule has 0 aliphatic carbocycles. The highest BCUT2D eigenvalue weighted by atomic mass is 32.1. The van der Waals surface area contributed by atoms with Gasteiger partial charge in [0.1, 0.15) is 0 Å². The first-order valence-corrected chi connectivity index (χ1v) is 11.1. The van der Waals surface area contributed by atoms with E-state index in [2.05, 4.69) is 37.7 Å². The molecule has 2 aliphatic rings. The van der Waals surface area contributed by atoms with Gasteiger partial charge in [-0.15, -0.1) is 0 Å². The number of carboxylic acid groups (broad SMARTS) is 2. The number of hydrogen-bond donors (Lipinski definition) is 2. The number of thiophene rings is 1. The molecule has 0 unspecified atom stereocenters. The molecule has 35 heavy (non-hydrogen) atoms. The number of nitrogens with zero attached hydrogens (tertiary/aromatic N) is 3. The smallest absolute Gasteiger partial charge is 0.475 e. The van der Waals surface area contributed by atoms with E-state index in [-0.39, 0.29) is 0 Å². The van der Waals surface area contributed by atoms with Crippen LogP contribution in [0.5, 0.6) is 0 Å². The van der Waals surface area contributed by atoms with Gasteiger partial charge in [-0.3, -0.25) is 14.8 Å². The van der Waals surface area contributed by atoms with Crippen molar-refractivity contribution in [2.45, 2.75) is 31.9 Å². The van der Waals surface area contributed by atoms with Crippen molar-refractivity contribution in [1.82, 2.24) is 14.8 Å². The number of halogens is 6. The number of aliphatic carboxylic acids is 2. The summed E-state index contributed by atoms with van der Waals surface area (Å²) in [5, 5.41) is 18.7. The van der Waals surface area contributed by atoms with Crippen LogP contribution in [0.1, 0.15) is 17.5 Å². The second-order valence-corrected chi connectivity index (χ2v) is 8.98. The summed E-state index contributed by atoms with van der Waals surface area (Å²) in [5.74, 6) is -5.51. The largest absolute Gasteiger partial charge is 0.490 e. The van der Waals surface area contributed by atoms with Gasteiger partial charge in [0, 0.05) is 50.5 Å². The lowest BCUT2D eigenvalue weighted by molar-refractivity contribution is -0.193. The van der Waals surface area contributed by atoms with Crippen LogP contribution in [0.25, 0.3) is 0 Å². The van der Waals surface area contributed by atoms with Crippen LogP contribution in [-0.2, 0) is 22.7 Å². The van der Waals surface area contributed by atoms with Crippen LogP contribution >= 0.6 is 11.3 Å². The number of carbonyl (C=O) groups is 2. The zero-order chi connectivity index (χ0) is 26.3. The maximum absolute atomic E-state index is 10.6. The van der Waals surface area contributed by atoms with E-state index >= 15 is 0 Å². The number of alkyl halides is 6. The van der Waals surface area contributed by atoms with Gasteiger partial charge in [-0.25, -0.2) is 9.59 Å². The Morgan fingerprint density at radius 2 is 1.49 bits per heavy atom. The molecule has 2 aromatic heterocycles. The first-order valence-electron chi connectivity index (χ1n) is 10.2. The van der Waals surface area contributed by atoms with Crippen molar-refractivity contribution in [1.29, 1.82) is 0 Å². The summed E-state index contributed by atoms with van der Waals surface area (Å²) in [5.41, 5.74) is 3.38. The Hall–Kier alpha value is -2.71. The van der Waals surface area contributed by atoms with Gasteiger partial charge >= 0.3 is 24.3 Å². The van der Waals surface area contributed by atoms with Crippen LogP contribution in [0.15, 0.2) is 41.4 Å². The van der Waals surface area contributed by atoms with Crippen molar-refractivity contribution < 1.29 is 46.1 Å². The van der Waals surface area contributed by atoms with Gasteiger partial charge in [-0.2, -0.15) is 37.7 Å². The van der Waals surface area contributed by atoms with Crippen molar-refractivity contribution in [2.75, 3.05) is 26.2 Å². The van der Waals surface area contributed by atoms with Crippen molar-refractivity contribution in [3.63, 3.8) is 0 Å². The molecule has 4 heterocycles. The van der Waals surface area contributed by atoms with E-state index in [4.69, 9.17) is 19.8 Å². The molecular formula is C21H23F6N3O4S. The van der Waals surface area contributed by atoms with E-state index in [0.29, 0.717) is 5.41 Å². The van der Waals surface area contributed by atoms with Crippen LogP contribution in [0.4, 0.5) is 26.3 Å². The number of pyridine rings is 1. The Morgan fingerprint density at radius 1 is 0.943 bits per heavy atom. The van der Waals surface area contributed by atoms with Gasteiger partial charge < -0.3 is 10.2 Å². The number of aromatic nitrogens is 1. The molecule has 0 radical (unpaired) electrons. The molecule has 1 spiro atoms. The van der Waals surface area contributed by atoms with E-state index in [1.807, 2.05) is 18.5 Å². The van der Waals surface area contributed by atoms with Gasteiger partial charge in [-0.1, -0.05) is 6.07 Å². The average Bonchev–Trinajstić information content (AvgIpc) is 3.39. The number of carboxylic acids is 2. The molecule has 14 heteroatoms. The molecule has 0 saturated carbocycles. The predicted molar refractivity (Wildman–Crippen MR) is 114 cm³/mol. The molecule has 2 aliphatic heterocycles. The third-order valence-corrected chi connectivity index (χ3v) is 5.97. The lowest BCUT2D eigenvalue weighted by atomic mass is 9.79. The summed E-state index contributed by atoms with van der Waals surface area (Å²) in [7, 11) is 0. The van der Waals surface area contributed by atoms with E-state index in [9.17, 15) is 26.3 Å². The van der Waals surface area contributed by atoms with Crippen LogP contribution in [0.2, 0.25) is 0 Å². The molecule has 2 aromatic rings. The lowest BCUT2D eigenvalue weighted by Crippen LogP contribution is -2.56. The maximum Gasteiger partial charge on any atom is 0.490 e. The molecule has 0 bridgehead atoms. The van der Waals surface area contributed by atoms with E-state index < -0.39 is 24.3 Å². The standard InChI is InChI=1S/C17H21N3S.2C2HF3O2/c1-2-15(8-18-5-1)9-20-13-17(14-20)4-6-19(12-17)10-16-3-7-21-11-16;2*3-2(4,5)1(6)7/h1-3,5,7-8,11H,4,6,9-10,12-14H2;2*(H,6,7). The van der Waals surface area contributed by atoms with E-state index in [1.54, 1.807) is 11.3 Å². The first-order chi connectivity index (χ1) is 16.2.